The van der Waals surface area contributed by atoms with Gasteiger partial charge in [-0.1, -0.05) is 89.3 Å². The maximum absolute atomic E-state index is 4.00. The first kappa shape index (κ1) is 21.0. The molecule has 0 aromatic carbocycles. The average Bonchev–Trinajstić information content (AvgIpc) is 3.29. The van der Waals surface area contributed by atoms with Gasteiger partial charge in [-0.2, -0.15) is 0 Å². The third-order valence-corrected chi connectivity index (χ3v) is 13.0. The van der Waals surface area contributed by atoms with E-state index in [1.807, 2.05) is 70.6 Å². The molecular weight excluding hydrogens is 461 g/mol. The molecule has 0 nitrogen and oxygen atoms in total. The van der Waals surface area contributed by atoms with E-state index in [4.69, 9.17) is 0 Å². The molecule has 0 saturated carbocycles. The molecule has 0 amide bonds. The Morgan fingerprint density at radius 2 is 1.76 bits per heavy atom. The van der Waals surface area contributed by atoms with Crippen molar-refractivity contribution >= 4 is 94.1 Å². The van der Waals surface area contributed by atoms with Gasteiger partial charge < -0.3 is 0 Å². The quantitative estimate of drug-likeness (QED) is 0.328. The van der Waals surface area contributed by atoms with Gasteiger partial charge in [0.15, 0.2) is 0 Å². The zero-order valence-corrected chi connectivity index (χ0v) is 20.4. The Hall–Kier alpha value is 1.24. The van der Waals surface area contributed by atoms with Gasteiger partial charge in [0, 0.05) is 27.4 Å². The summed E-state index contributed by atoms with van der Waals surface area (Å²) in [7, 11) is 0. The van der Waals surface area contributed by atoms with E-state index in [9.17, 15) is 0 Å². The lowest BCUT2D eigenvalue weighted by atomic mass is 10.2. The Morgan fingerprint density at radius 3 is 2.48 bits per heavy atom. The van der Waals surface area contributed by atoms with E-state index in [-0.39, 0.29) is 4.75 Å². The van der Waals surface area contributed by atoms with Gasteiger partial charge in [0.25, 0.3) is 0 Å². The van der Waals surface area contributed by atoms with Gasteiger partial charge in [-0.3, -0.25) is 0 Å². The Labute approximate surface area is 184 Å². The fourth-order valence-corrected chi connectivity index (χ4v) is 11.2. The highest BCUT2D eigenvalue weighted by Crippen LogP contribution is 2.54. The first-order chi connectivity index (χ1) is 12.0. The van der Waals surface area contributed by atoms with E-state index in [1.165, 1.54) is 21.9 Å². The zero-order chi connectivity index (χ0) is 17.7. The van der Waals surface area contributed by atoms with Crippen LogP contribution in [0.3, 0.4) is 0 Å². The molecule has 134 valence electrons. The normalized spacial score (nSPS) is 22.1. The molecule has 0 aliphatic carbocycles. The zero-order valence-electron chi connectivity index (χ0n) is 13.9. The molecular formula is C17H18S8. The predicted octanol–water partition coefficient (Wildman–Crippen LogP) is 9.28. The highest BCUT2D eigenvalue weighted by molar-refractivity contribution is 8.37. The lowest BCUT2D eigenvalue weighted by Crippen LogP contribution is -2.15. The van der Waals surface area contributed by atoms with Crippen LogP contribution in [0.1, 0.15) is 20.3 Å². The highest BCUT2D eigenvalue weighted by Gasteiger charge is 2.29. The van der Waals surface area contributed by atoms with Crippen molar-refractivity contribution in [2.24, 2.45) is 0 Å². The molecule has 3 heterocycles. The Balaban J connectivity index is 1.43. The highest BCUT2D eigenvalue weighted by atomic mass is 32.3. The van der Waals surface area contributed by atoms with E-state index in [1.54, 1.807) is 23.5 Å². The first-order valence-electron chi connectivity index (χ1n) is 7.47. The molecule has 3 aliphatic rings. The molecule has 0 saturated heterocycles. The number of rotatable bonds is 7. The van der Waals surface area contributed by atoms with Gasteiger partial charge in [-0.15, -0.1) is 23.5 Å². The molecule has 0 spiro atoms. The summed E-state index contributed by atoms with van der Waals surface area (Å²) in [5.41, 5.74) is 0. The summed E-state index contributed by atoms with van der Waals surface area (Å²) in [6.45, 7) is 8.68. The molecule has 0 radical (unpaired) electrons. The smallest absolute Gasteiger partial charge is 0.0530 e. The molecule has 3 rings (SSSR count). The fraction of sp³-hybridized carbons (Fsp3) is 0.294. The van der Waals surface area contributed by atoms with Gasteiger partial charge in [-0.05, 0) is 41.9 Å². The SMILES string of the molecule is C=C1SC=C(SCSC(C)(C)C2=CS/C(=C\CC=C3SC=CS3)S2)S1. The maximum atomic E-state index is 4.00. The van der Waals surface area contributed by atoms with E-state index in [2.05, 4.69) is 54.2 Å². The van der Waals surface area contributed by atoms with Crippen molar-refractivity contribution in [1.82, 2.24) is 0 Å². The minimum Gasteiger partial charge on any atom is -0.139 e. The van der Waals surface area contributed by atoms with Crippen LogP contribution in [-0.4, -0.2) is 9.83 Å². The number of hydrogen-bond acceptors (Lipinski definition) is 8. The molecule has 3 aliphatic heterocycles. The summed E-state index contributed by atoms with van der Waals surface area (Å²) in [6.07, 6.45) is 5.68. The van der Waals surface area contributed by atoms with Crippen molar-refractivity contribution < 1.29 is 0 Å². The molecule has 0 aromatic heterocycles. The lowest BCUT2D eigenvalue weighted by molar-refractivity contribution is 0.889. The van der Waals surface area contributed by atoms with Crippen molar-refractivity contribution in [3.05, 3.63) is 62.2 Å². The fourth-order valence-electron chi connectivity index (χ4n) is 1.83. The van der Waals surface area contributed by atoms with Gasteiger partial charge in [0.05, 0.1) is 4.24 Å². The van der Waals surface area contributed by atoms with Gasteiger partial charge in [-0.25, -0.2) is 0 Å². The van der Waals surface area contributed by atoms with Crippen LogP contribution >= 0.6 is 94.1 Å². The number of thioether (sulfide) groups is 8. The summed E-state index contributed by atoms with van der Waals surface area (Å²) in [5.74, 6) is 0. The minimum atomic E-state index is 0.160. The second-order valence-electron chi connectivity index (χ2n) is 5.44. The largest absolute Gasteiger partial charge is 0.139 e. The number of allylic oxidation sites excluding steroid dienone is 2. The molecule has 0 aromatic rings. The predicted molar refractivity (Wildman–Crippen MR) is 135 cm³/mol. The summed E-state index contributed by atoms with van der Waals surface area (Å²) >= 11 is 14.9. The first-order valence-corrected chi connectivity index (χ1v) is 14.6. The standard InChI is InChI=1S/C17H18S8/c1-12-20-10-16(24-12)22-11-23-17(2,3)13-9-21-15(25-13)6-4-5-14-18-7-8-19-14/h5-10H,1,4,11H2,2-3H3/b15-6+. The molecule has 25 heavy (non-hydrogen) atoms. The monoisotopic (exact) mass is 478 g/mol. The lowest BCUT2D eigenvalue weighted by Gasteiger charge is -2.24. The molecule has 0 atom stereocenters. The van der Waals surface area contributed by atoms with Crippen molar-refractivity contribution in [3.63, 3.8) is 0 Å². The Kier molecular flexibility index (Phi) is 8.50. The molecule has 8 heteroatoms. The van der Waals surface area contributed by atoms with Crippen LogP contribution in [0, 0.1) is 0 Å². The van der Waals surface area contributed by atoms with E-state index in [0.717, 1.165) is 11.5 Å². The van der Waals surface area contributed by atoms with Crippen LogP contribution in [-0.2, 0) is 0 Å². The Morgan fingerprint density at radius 1 is 1.00 bits per heavy atom. The van der Waals surface area contributed by atoms with Crippen LogP contribution in [0.5, 0.6) is 0 Å². The van der Waals surface area contributed by atoms with Crippen LogP contribution in [0.2, 0.25) is 0 Å². The molecule has 0 fully saturated rings. The maximum Gasteiger partial charge on any atom is 0.0530 e. The van der Waals surface area contributed by atoms with Gasteiger partial charge >= 0.3 is 0 Å². The van der Waals surface area contributed by atoms with Crippen molar-refractivity contribution in [3.8, 4) is 0 Å². The van der Waals surface area contributed by atoms with Crippen molar-refractivity contribution in [2.45, 2.75) is 25.0 Å². The molecule has 0 unspecified atom stereocenters. The summed E-state index contributed by atoms with van der Waals surface area (Å²) in [4.78, 5) is 1.47. The van der Waals surface area contributed by atoms with Crippen molar-refractivity contribution in [1.29, 1.82) is 0 Å². The van der Waals surface area contributed by atoms with Crippen LogP contribution in [0.25, 0.3) is 0 Å². The second kappa shape index (κ2) is 10.1. The third kappa shape index (κ3) is 6.66. The summed E-state index contributed by atoms with van der Waals surface area (Å²) in [5, 5.41) is 9.93. The van der Waals surface area contributed by atoms with E-state index >= 15 is 0 Å². The van der Waals surface area contributed by atoms with E-state index < -0.39 is 0 Å². The van der Waals surface area contributed by atoms with Crippen molar-refractivity contribution in [2.75, 3.05) is 5.08 Å². The average molecular weight is 479 g/mol. The Bertz CT molecular complexity index is 671. The van der Waals surface area contributed by atoms with Crippen LogP contribution in [0.15, 0.2) is 62.2 Å². The van der Waals surface area contributed by atoms with Gasteiger partial charge in [0.1, 0.15) is 0 Å². The number of hydrogen-bond donors (Lipinski definition) is 0. The molecule has 0 N–H and O–H groups in total. The topological polar surface area (TPSA) is 0 Å². The summed E-state index contributed by atoms with van der Waals surface area (Å²) < 4.78 is 5.54. The summed E-state index contributed by atoms with van der Waals surface area (Å²) in [6, 6.07) is 0. The third-order valence-electron chi connectivity index (χ3n) is 3.20. The van der Waals surface area contributed by atoms with Gasteiger partial charge in [0.2, 0.25) is 0 Å². The minimum absolute atomic E-state index is 0.160. The molecule has 0 bridgehead atoms. The van der Waals surface area contributed by atoms with Crippen LogP contribution in [0.4, 0.5) is 0 Å². The van der Waals surface area contributed by atoms with E-state index in [0.29, 0.717) is 0 Å². The van der Waals surface area contributed by atoms with Crippen LogP contribution < -0.4 is 0 Å². The second-order valence-corrected chi connectivity index (χ2v) is 15.4.